The lowest BCUT2D eigenvalue weighted by atomic mass is 9.89. The van der Waals surface area contributed by atoms with Crippen LogP contribution >= 0.6 is 11.5 Å². The van der Waals surface area contributed by atoms with Crippen molar-refractivity contribution in [3.05, 3.63) is 46.0 Å². The number of likely N-dealkylation sites (N-methyl/N-ethyl adjacent to an activating group) is 1. The first-order chi connectivity index (χ1) is 9.82. The molecule has 3 nitrogen and oxygen atoms in total. The number of nitrogens with zero attached hydrogens (tertiary/aromatic N) is 2. The lowest BCUT2D eigenvalue weighted by Gasteiger charge is -2.21. The van der Waals surface area contributed by atoms with Crippen LogP contribution < -0.4 is 5.32 Å². The van der Waals surface area contributed by atoms with E-state index in [1.807, 2.05) is 7.05 Å². The molecule has 21 heavy (non-hydrogen) atoms. The smallest absolute Gasteiger partial charge is 0.159 e. The van der Waals surface area contributed by atoms with Crippen molar-refractivity contribution in [1.29, 1.82) is 0 Å². The van der Waals surface area contributed by atoms with Crippen molar-refractivity contribution in [1.82, 2.24) is 14.9 Å². The van der Waals surface area contributed by atoms with Crippen molar-refractivity contribution in [2.24, 2.45) is 0 Å². The van der Waals surface area contributed by atoms with Crippen molar-refractivity contribution >= 4 is 11.5 Å². The first-order valence-electron chi connectivity index (χ1n) is 6.77. The summed E-state index contributed by atoms with van der Waals surface area (Å²) in [7, 11) is 1.84. The Morgan fingerprint density at radius 1 is 1.24 bits per heavy atom. The molecule has 0 saturated carbocycles. The molecular weight excluding hydrogens is 292 g/mol. The standard InChI is InChI=1S/C15H19F2N3S/c1-15(2,3)14-13(21-20-19-14)12(18-4)8-9-5-6-10(16)11(17)7-9/h5-7,12,18H,8H2,1-4H3. The largest absolute Gasteiger partial charge is 0.312 e. The topological polar surface area (TPSA) is 37.8 Å². The third kappa shape index (κ3) is 3.63. The Bertz CT molecular complexity index is 620. The maximum absolute atomic E-state index is 13.3. The minimum Gasteiger partial charge on any atom is -0.312 e. The van der Waals surface area contributed by atoms with Gasteiger partial charge >= 0.3 is 0 Å². The van der Waals surface area contributed by atoms with Crippen molar-refractivity contribution in [3.63, 3.8) is 0 Å². The summed E-state index contributed by atoms with van der Waals surface area (Å²) in [4.78, 5) is 1.04. The van der Waals surface area contributed by atoms with Gasteiger partial charge in [-0.3, -0.25) is 0 Å². The molecule has 0 bridgehead atoms. The van der Waals surface area contributed by atoms with Gasteiger partial charge in [-0.15, -0.1) is 5.10 Å². The quantitative estimate of drug-likeness (QED) is 0.937. The molecule has 0 aliphatic carbocycles. The molecule has 1 N–H and O–H groups in total. The van der Waals surface area contributed by atoms with Crippen LogP contribution in [-0.4, -0.2) is 16.6 Å². The maximum Gasteiger partial charge on any atom is 0.159 e. The van der Waals surface area contributed by atoms with Crippen molar-refractivity contribution < 1.29 is 8.78 Å². The van der Waals surface area contributed by atoms with Gasteiger partial charge in [0.1, 0.15) is 0 Å². The van der Waals surface area contributed by atoms with Gasteiger partial charge in [0.15, 0.2) is 11.6 Å². The lowest BCUT2D eigenvalue weighted by molar-refractivity contribution is 0.503. The number of hydrogen-bond donors (Lipinski definition) is 1. The van der Waals surface area contributed by atoms with E-state index >= 15 is 0 Å². The molecule has 1 aromatic heterocycles. The second-order valence-corrected chi connectivity index (χ2v) is 6.82. The Labute approximate surface area is 127 Å². The summed E-state index contributed by atoms with van der Waals surface area (Å²) in [5.41, 5.74) is 1.57. The van der Waals surface area contributed by atoms with E-state index in [1.165, 1.54) is 17.6 Å². The lowest BCUT2D eigenvalue weighted by Crippen LogP contribution is -2.23. The van der Waals surface area contributed by atoms with Crippen LogP contribution in [0.15, 0.2) is 18.2 Å². The van der Waals surface area contributed by atoms with Gasteiger partial charge in [0.05, 0.1) is 10.6 Å². The molecular formula is C15H19F2N3S. The van der Waals surface area contributed by atoms with E-state index in [-0.39, 0.29) is 11.5 Å². The summed E-state index contributed by atoms with van der Waals surface area (Å²) >= 11 is 1.34. The van der Waals surface area contributed by atoms with Crippen LogP contribution in [0.25, 0.3) is 0 Å². The highest BCUT2D eigenvalue weighted by Crippen LogP contribution is 2.31. The van der Waals surface area contributed by atoms with Crippen LogP contribution in [0.2, 0.25) is 0 Å². The monoisotopic (exact) mass is 311 g/mol. The summed E-state index contributed by atoms with van der Waals surface area (Å²) in [5, 5.41) is 7.44. The average molecular weight is 311 g/mol. The summed E-state index contributed by atoms with van der Waals surface area (Å²) in [6.07, 6.45) is 0.556. The van der Waals surface area contributed by atoms with Gasteiger partial charge < -0.3 is 5.32 Å². The van der Waals surface area contributed by atoms with E-state index in [0.717, 1.165) is 22.2 Å². The number of nitrogens with one attached hydrogen (secondary N) is 1. The van der Waals surface area contributed by atoms with Gasteiger partial charge in [-0.05, 0) is 42.7 Å². The fourth-order valence-corrected chi connectivity index (χ4v) is 3.15. The molecule has 6 heteroatoms. The fourth-order valence-electron chi connectivity index (χ4n) is 2.17. The van der Waals surface area contributed by atoms with Crippen LogP contribution in [-0.2, 0) is 11.8 Å². The average Bonchev–Trinajstić information content (AvgIpc) is 2.89. The zero-order valence-corrected chi connectivity index (χ0v) is 13.4. The Balaban J connectivity index is 2.28. The van der Waals surface area contributed by atoms with E-state index in [9.17, 15) is 8.78 Å². The van der Waals surface area contributed by atoms with Gasteiger partial charge in [-0.2, -0.15) is 0 Å². The summed E-state index contributed by atoms with van der Waals surface area (Å²) < 4.78 is 30.4. The molecule has 1 heterocycles. The van der Waals surface area contributed by atoms with Gasteiger partial charge in [0.2, 0.25) is 0 Å². The number of hydrogen-bond acceptors (Lipinski definition) is 4. The van der Waals surface area contributed by atoms with Crippen LogP contribution in [0.3, 0.4) is 0 Å². The molecule has 0 amide bonds. The van der Waals surface area contributed by atoms with Crippen LogP contribution in [0, 0.1) is 11.6 Å². The van der Waals surface area contributed by atoms with E-state index in [0.29, 0.717) is 6.42 Å². The molecule has 0 spiro atoms. The number of halogens is 2. The van der Waals surface area contributed by atoms with Gasteiger partial charge in [0, 0.05) is 11.5 Å². The molecule has 0 aliphatic rings. The fraction of sp³-hybridized carbons (Fsp3) is 0.467. The van der Waals surface area contributed by atoms with Crippen molar-refractivity contribution in [2.45, 2.75) is 38.6 Å². The molecule has 0 radical (unpaired) electrons. The zero-order chi connectivity index (χ0) is 15.6. The third-order valence-electron chi connectivity index (χ3n) is 3.31. The van der Waals surface area contributed by atoms with E-state index in [2.05, 4.69) is 35.7 Å². The Kier molecular flexibility index (Phi) is 4.68. The van der Waals surface area contributed by atoms with Gasteiger partial charge in [0.25, 0.3) is 0 Å². The van der Waals surface area contributed by atoms with Gasteiger partial charge in [-0.25, -0.2) is 8.78 Å². The highest BCUT2D eigenvalue weighted by molar-refractivity contribution is 7.05. The maximum atomic E-state index is 13.3. The minimum absolute atomic E-state index is 0.0240. The van der Waals surface area contributed by atoms with Gasteiger partial charge in [-0.1, -0.05) is 31.3 Å². The molecule has 0 fully saturated rings. The zero-order valence-electron chi connectivity index (χ0n) is 12.6. The molecule has 0 saturated heterocycles. The normalized spacial score (nSPS) is 13.4. The molecule has 1 aromatic carbocycles. The Morgan fingerprint density at radius 3 is 2.52 bits per heavy atom. The first kappa shape index (κ1) is 16.0. The van der Waals surface area contributed by atoms with Crippen molar-refractivity contribution in [3.8, 4) is 0 Å². The number of rotatable bonds is 4. The summed E-state index contributed by atoms with van der Waals surface area (Å²) in [5.74, 6) is -1.64. The number of aromatic nitrogens is 2. The molecule has 0 aliphatic heterocycles. The third-order valence-corrected chi connectivity index (χ3v) is 4.15. The number of benzene rings is 1. The van der Waals surface area contributed by atoms with Crippen LogP contribution in [0.4, 0.5) is 8.78 Å². The highest BCUT2D eigenvalue weighted by atomic mass is 32.1. The SMILES string of the molecule is CNC(Cc1ccc(F)c(F)c1)c1snnc1C(C)(C)C. The predicted octanol–water partition coefficient (Wildman–Crippen LogP) is 3.62. The molecule has 2 aromatic rings. The van der Waals surface area contributed by atoms with E-state index in [4.69, 9.17) is 0 Å². The second kappa shape index (κ2) is 6.15. The van der Waals surface area contributed by atoms with Crippen molar-refractivity contribution in [2.75, 3.05) is 7.05 Å². The summed E-state index contributed by atoms with van der Waals surface area (Å²) in [6, 6.07) is 3.98. The highest BCUT2D eigenvalue weighted by Gasteiger charge is 2.26. The van der Waals surface area contributed by atoms with Crippen LogP contribution in [0.1, 0.15) is 42.9 Å². The molecule has 1 unspecified atom stereocenters. The molecule has 2 rings (SSSR count). The van der Waals surface area contributed by atoms with E-state index in [1.54, 1.807) is 6.07 Å². The Morgan fingerprint density at radius 2 is 1.95 bits per heavy atom. The molecule has 114 valence electrons. The van der Waals surface area contributed by atoms with E-state index < -0.39 is 11.6 Å². The Hall–Kier alpha value is -1.40. The minimum atomic E-state index is -0.824. The first-order valence-corrected chi connectivity index (χ1v) is 7.54. The predicted molar refractivity (Wildman–Crippen MR) is 80.5 cm³/mol. The summed E-state index contributed by atoms with van der Waals surface area (Å²) in [6.45, 7) is 6.24. The van der Waals surface area contributed by atoms with Crippen LogP contribution in [0.5, 0.6) is 0 Å². The second-order valence-electron chi connectivity index (χ2n) is 6.03. The molecule has 1 atom stereocenters.